The van der Waals surface area contributed by atoms with Crippen LogP contribution in [0.15, 0.2) is 18.2 Å². The van der Waals surface area contributed by atoms with Crippen molar-refractivity contribution in [1.29, 1.82) is 0 Å². The summed E-state index contributed by atoms with van der Waals surface area (Å²) in [7, 11) is 1.99. The number of phenolic OH excluding ortho intramolecular Hbond substituents is 2. The number of hydrogen-bond donors (Lipinski definition) is 3. The van der Waals surface area contributed by atoms with Crippen LogP contribution in [-0.4, -0.2) is 41.3 Å². The number of likely N-dealkylation sites (N-methyl/N-ethyl adjacent to an activating group) is 1. The highest BCUT2D eigenvalue weighted by Gasteiger charge is 2.20. The van der Waals surface area contributed by atoms with E-state index < -0.39 is 0 Å². The van der Waals surface area contributed by atoms with Crippen molar-refractivity contribution in [3.05, 3.63) is 23.8 Å². The summed E-state index contributed by atoms with van der Waals surface area (Å²) in [5, 5.41) is 21.9. The number of phenols is 2. The van der Waals surface area contributed by atoms with Gasteiger partial charge in [0.05, 0.1) is 0 Å². The van der Waals surface area contributed by atoms with E-state index in [1.54, 1.807) is 6.07 Å². The Hall–Kier alpha value is -1.26. The smallest absolute Gasteiger partial charge is 0.157 e. The first kappa shape index (κ1) is 11.2. The Morgan fingerprint density at radius 1 is 1.38 bits per heavy atom. The zero-order valence-corrected chi connectivity index (χ0v) is 9.48. The van der Waals surface area contributed by atoms with Crippen LogP contribution in [0.1, 0.15) is 12.0 Å². The van der Waals surface area contributed by atoms with Gasteiger partial charge in [0.2, 0.25) is 0 Å². The maximum Gasteiger partial charge on any atom is 0.157 e. The standard InChI is InChI=1S/C12H18N2O2/c1-13-10-4-5-14(8-10)7-9-2-3-11(15)12(16)6-9/h2-3,6,10,13,15-16H,4-5,7-8H2,1H3. The van der Waals surface area contributed by atoms with E-state index in [4.69, 9.17) is 0 Å². The molecule has 4 heteroatoms. The predicted molar refractivity (Wildman–Crippen MR) is 62.5 cm³/mol. The van der Waals surface area contributed by atoms with Gasteiger partial charge in [0.15, 0.2) is 11.5 Å². The second-order valence-corrected chi connectivity index (χ2v) is 4.33. The van der Waals surface area contributed by atoms with Gasteiger partial charge in [-0.3, -0.25) is 4.90 Å². The van der Waals surface area contributed by atoms with Gasteiger partial charge in [-0.25, -0.2) is 0 Å². The summed E-state index contributed by atoms with van der Waals surface area (Å²) >= 11 is 0. The van der Waals surface area contributed by atoms with E-state index in [1.807, 2.05) is 13.1 Å². The minimum Gasteiger partial charge on any atom is -0.504 e. The molecule has 1 aliphatic rings. The first-order chi connectivity index (χ1) is 7.69. The van der Waals surface area contributed by atoms with E-state index >= 15 is 0 Å². The van der Waals surface area contributed by atoms with Gasteiger partial charge in [0.1, 0.15) is 0 Å². The molecule has 0 aliphatic carbocycles. The van der Waals surface area contributed by atoms with Crippen molar-refractivity contribution in [3.8, 4) is 11.5 Å². The molecule has 0 amide bonds. The third-order valence-corrected chi connectivity index (χ3v) is 3.13. The maximum atomic E-state index is 9.39. The van der Waals surface area contributed by atoms with Gasteiger partial charge in [0.25, 0.3) is 0 Å². The predicted octanol–water partition coefficient (Wildman–Crippen LogP) is 0.891. The Balaban J connectivity index is 1.97. The summed E-state index contributed by atoms with van der Waals surface area (Å²) in [6.45, 7) is 2.94. The molecule has 16 heavy (non-hydrogen) atoms. The monoisotopic (exact) mass is 222 g/mol. The largest absolute Gasteiger partial charge is 0.504 e. The van der Waals surface area contributed by atoms with Gasteiger partial charge in [0, 0.05) is 25.7 Å². The zero-order valence-electron chi connectivity index (χ0n) is 9.48. The van der Waals surface area contributed by atoms with Crippen molar-refractivity contribution in [2.24, 2.45) is 0 Å². The van der Waals surface area contributed by atoms with Crippen LogP contribution in [0.5, 0.6) is 11.5 Å². The van der Waals surface area contributed by atoms with Gasteiger partial charge < -0.3 is 15.5 Å². The van der Waals surface area contributed by atoms with Crippen molar-refractivity contribution >= 4 is 0 Å². The van der Waals surface area contributed by atoms with Crippen LogP contribution in [0.2, 0.25) is 0 Å². The SMILES string of the molecule is CNC1CCN(Cc2ccc(O)c(O)c2)C1. The molecule has 0 saturated carbocycles. The lowest BCUT2D eigenvalue weighted by Gasteiger charge is -2.16. The topological polar surface area (TPSA) is 55.7 Å². The fourth-order valence-electron chi connectivity index (χ4n) is 2.14. The zero-order chi connectivity index (χ0) is 11.5. The number of nitrogens with zero attached hydrogens (tertiary/aromatic N) is 1. The van der Waals surface area contributed by atoms with E-state index in [0.29, 0.717) is 6.04 Å². The molecular weight excluding hydrogens is 204 g/mol. The summed E-state index contributed by atoms with van der Waals surface area (Å²) in [6.07, 6.45) is 1.17. The van der Waals surface area contributed by atoms with Gasteiger partial charge in [-0.15, -0.1) is 0 Å². The van der Waals surface area contributed by atoms with Crippen LogP contribution < -0.4 is 5.32 Å². The van der Waals surface area contributed by atoms with Gasteiger partial charge in [-0.05, 0) is 31.2 Å². The second kappa shape index (κ2) is 4.72. The lowest BCUT2D eigenvalue weighted by atomic mass is 10.2. The Bertz CT molecular complexity index is 368. The van der Waals surface area contributed by atoms with Crippen LogP contribution >= 0.6 is 0 Å². The van der Waals surface area contributed by atoms with Crippen LogP contribution in [0.25, 0.3) is 0 Å². The van der Waals surface area contributed by atoms with Crippen LogP contribution in [0.4, 0.5) is 0 Å². The third kappa shape index (κ3) is 2.46. The van der Waals surface area contributed by atoms with Crippen LogP contribution in [-0.2, 0) is 6.54 Å². The molecule has 0 radical (unpaired) electrons. The molecule has 1 atom stereocenters. The second-order valence-electron chi connectivity index (χ2n) is 4.33. The number of hydrogen-bond acceptors (Lipinski definition) is 4. The lowest BCUT2D eigenvalue weighted by molar-refractivity contribution is 0.321. The Labute approximate surface area is 95.5 Å². The highest BCUT2D eigenvalue weighted by Crippen LogP contribution is 2.26. The molecule has 1 aromatic carbocycles. The third-order valence-electron chi connectivity index (χ3n) is 3.13. The Kier molecular flexibility index (Phi) is 3.31. The molecule has 1 saturated heterocycles. The molecule has 1 heterocycles. The van der Waals surface area contributed by atoms with E-state index in [9.17, 15) is 10.2 Å². The Morgan fingerprint density at radius 2 is 2.19 bits per heavy atom. The summed E-state index contributed by atoms with van der Waals surface area (Å²) in [6, 6.07) is 5.59. The molecule has 1 aromatic rings. The molecule has 1 fully saturated rings. The molecule has 1 unspecified atom stereocenters. The van der Waals surface area contributed by atoms with E-state index in [0.717, 1.165) is 25.2 Å². The number of likely N-dealkylation sites (tertiary alicyclic amines) is 1. The number of aromatic hydroxyl groups is 2. The number of nitrogens with one attached hydrogen (secondary N) is 1. The molecule has 88 valence electrons. The fourth-order valence-corrected chi connectivity index (χ4v) is 2.14. The molecule has 1 aliphatic heterocycles. The minimum absolute atomic E-state index is 0.0399. The normalized spacial score (nSPS) is 21.4. The summed E-state index contributed by atoms with van der Waals surface area (Å²) in [5.41, 5.74) is 1.03. The summed E-state index contributed by atoms with van der Waals surface area (Å²) in [4.78, 5) is 2.34. The van der Waals surface area contributed by atoms with Crippen molar-refractivity contribution < 1.29 is 10.2 Å². The molecule has 2 rings (SSSR count). The minimum atomic E-state index is -0.0572. The molecule has 4 nitrogen and oxygen atoms in total. The quantitative estimate of drug-likeness (QED) is 0.665. The van der Waals surface area contributed by atoms with Crippen molar-refractivity contribution in [3.63, 3.8) is 0 Å². The lowest BCUT2D eigenvalue weighted by Crippen LogP contribution is -2.29. The molecule has 0 spiro atoms. The average molecular weight is 222 g/mol. The summed E-state index contributed by atoms with van der Waals surface area (Å²) < 4.78 is 0. The van der Waals surface area contributed by atoms with Crippen LogP contribution in [0, 0.1) is 0 Å². The maximum absolute atomic E-state index is 9.39. The average Bonchev–Trinajstić information content (AvgIpc) is 2.71. The van der Waals surface area contributed by atoms with Gasteiger partial charge >= 0.3 is 0 Å². The first-order valence-corrected chi connectivity index (χ1v) is 5.59. The highest BCUT2D eigenvalue weighted by molar-refractivity contribution is 5.40. The van der Waals surface area contributed by atoms with E-state index in [1.165, 1.54) is 12.5 Å². The first-order valence-electron chi connectivity index (χ1n) is 5.59. The van der Waals surface area contributed by atoms with E-state index in [2.05, 4.69) is 10.2 Å². The molecular formula is C12H18N2O2. The molecule has 0 bridgehead atoms. The van der Waals surface area contributed by atoms with Crippen molar-refractivity contribution in [2.75, 3.05) is 20.1 Å². The Morgan fingerprint density at radius 3 is 2.81 bits per heavy atom. The fraction of sp³-hybridized carbons (Fsp3) is 0.500. The van der Waals surface area contributed by atoms with Crippen molar-refractivity contribution in [1.82, 2.24) is 10.2 Å². The van der Waals surface area contributed by atoms with Crippen LogP contribution in [0.3, 0.4) is 0 Å². The van der Waals surface area contributed by atoms with Crippen molar-refractivity contribution in [2.45, 2.75) is 19.0 Å². The number of rotatable bonds is 3. The molecule has 0 aromatic heterocycles. The van der Waals surface area contributed by atoms with Gasteiger partial charge in [-0.1, -0.05) is 6.07 Å². The highest BCUT2D eigenvalue weighted by atomic mass is 16.3. The molecule has 3 N–H and O–H groups in total. The van der Waals surface area contributed by atoms with Gasteiger partial charge in [-0.2, -0.15) is 0 Å². The van der Waals surface area contributed by atoms with E-state index in [-0.39, 0.29) is 11.5 Å². The number of benzene rings is 1. The summed E-state index contributed by atoms with van der Waals surface area (Å²) in [5.74, 6) is -0.0971.